The van der Waals surface area contributed by atoms with Crippen LogP contribution in [0.1, 0.15) is 46.7 Å². The highest BCUT2D eigenvalue weighted by molar-refractivity contribution is 5.95. The van der Waals surface area contributed by atoms with Crippen molar-refractivity contribution in [2.24, 2.45) is 0 Å². The number of amides is 1. The molecule has 7 heteroatoms. The van der Waals surface area contributed by atoms with Gasteiger partial charge < -0.3 is 19.8 Å². The van der Waals surface area contributed by atoms with Crippen LogP contribution >= 0.6 is 0 Å². The summed E-state index contributed by atoms with van der Waals surface area (Å²) in [6.07, 6.45) is 3.36. The molecule has 2 unspecified atom stereocenters. The van der Waals surface area contributed by atoms with E-state index in [2.05, 4.69) is 15.6 Å². The molecule has 3 rings (SSSR count). The Kier molecular flexibility index (Phi) is 5.45. The molecule has 0 spiro atoms. The van der Waals surface area contributed by atoms with Crippen LogP contribution in [-0.2, 0) is 9.53 Å². The van der Waals surface area contributed by atoms with Crippen molar-refractivity contribution in [3.8, 4) is 0 Å². The maximum atomic E-state index is 12.5. The van der Waals surface area contributed by atoms with Gasteiger partial charge in [-0.1, -0.05) is 30.3 Å². The Hall–Kier alpha value is -2.67. The molecular formula is C18H21N3O4. The van der Waals surface area contributed by atoms with E-state index in [4.69, 9.17) is 9.15 Å². The number of oxazole rings is 1. The van der Waals surface area contributed by atoms with Crippen molar-refractivity contribution >= 4 is 11.9 Å². The fourth-order valence-electron chi connectivity index (χ4n) is 2.89. The second kappa shape index (κ2) is 7.94. The topological polar surface area (TPSA) is 93.5 Å². The predicted octanol–water partition coefficient (Wildman–Crippen LogP) is 1.79. The zero-order valence-electron chi connectivity index (χ0n) is 14.0. The van der Waals surface area contributed by atoms with Crippen LogP contribution in [0.2, 0.25) is 0 Å². The van der Waals surface area contributed by atoms with Crippen molar-refractivity contribution in [2.45, 2.75) is 24.8 Å². The van der Waals surface area contributed by atoms with Crippen molar-refractivity contribution in [1.29, 1.82) is 0 Å². The number of nitrogens with one attached hydrogen (secondary N) is 2. The first-order valence-corrected chi connectivity index (χ1v) is 8.29. The third-order valence-corrected chi connectivity index (χ3v) is 4.25. The van der Waals surface area contributed by atoms with Crippen LogP contribution in [0, 0.1) is 0 Å². The first kappa shape index (κ1) is 17.2. The molecule has 0 bridgehead atoms. The SMILES string of the molecule is COC(=O)C(NC(=O)c1coc(C2CCCNC2)n1)c1ccccc1. The number of esters is 1. The zero-order chi connectivity index (χ0) is 17.6. The molecule has 2 atom stereocenters. The minimum atomic E-state index is -0.893. The molecule has 1 saturated heterocycles. The number of nitrogens with zero attached hydrogens (tertiary/aromatic N) is 1. The molecule has 7 nitrogen and oxygen atoms in total. The lowest BCUT2D eigenvalue weighted by Crippen LogP contribution is -2.34. The Bertz CT molecular complexity index is 723. The summed E-state index contributed by atoms with van der Waals surface area (Å²) in [4.78, 5) is 28.8. The van der Waals surface area contributed by atoms with Gasteiger partial charge in [-0.3, -0.25) is 4.79 Å². The second-order valence-corrected chi connectivity index (χ2v) is 5.95. The van der Waals surface area contributed by atoms with E-state index in [-0.39, 0.29) is 11.6 Å². The van der Waals surface area contributed by atoms with E-state index >= 15 is 0 Å². The number of carbonyl (C=O) groups is 2. The summed E-state index contributed by atoms with van der Waals surface area (Å²) in [7, 11) is 1.29. The molecule has 1 aliphatic rings. The highest BCUT2D eigenvalue weighted by atomic mass is 16.5. The van der Waals surface area contributed by atoms with Gasteiger partial charge in [0.05, 0.1) is 7.11 Å². The molecule has 2 N–H and O–H groups in total. The molecule has 1 amide bonds. The Morgan fingerprint density at radius 1 is 1.36 bits per heavy atom. The van der Waals surface area contributed by atoms with Gasteiger partial charge >= 0.3 is 5.97 Å². The highest BCUT2D eigenvalue weighted by Crippen LogP contribution is 2.23. The fourth-order valence-corrected chi connectivity index (χ4v) is 2.89. The number of methoxy groups -OCH3 is 1. The van der Waals surface area contributed by atoms with Gasteiger partial charge in [-0.15, -0.1) is 0 Å². The minimum Gasteiger partial charge on any atom is -0.467 e. The van der Waals surface area contributed by atoms with Gasteiger partial charge in [-0.2, -0.15) is 0 Å². The summed E-state index contributed by atoms with van der Waals surface area (Å²) in [6, 6.07) is 8.04. The molecule has 2 heterocycles. The molecule has 1 aliphatic heterocycles. The Morgan fingerprint density at radius 2 is 2.16 bits per heavy atom. The van der Waals surface area contributed by atoms with Crippen molar-refractivity contribution in [3.63, 3.8) is 0 Å². The number of ether oxygens (including phenoxy) is 1. The van der Waals surface area contributed by atoms with Gasteiger partial charge in [0.2, 0.25) is 0 Å². The summed E-state index contributed by atoms with van der Waals surface area (Å²) >= 11 is 0. The molecule has 0 radical (unpaired) electrons. The van der Waals surface area contributed by atoms with Crippen LogP contribution in [0.3, 0.4) is 0 Å². The summed E-state index contributed by atoms with van der Waals surface area (Å²) in [5, 5.41) is 5.95. The van der Waals surface area contributed by atoms with Crippen molar-refractivity contribution in [3.05, 3.63) is 53.7 Å². The monoisotopic (exact) mass is 343 g/mol. The number of hydrogen-bond donors (Lipinski definition) is 2. The molecule has 1 aromatic carbocycles. The lowest BCUT2D eigenvalue weighted by atomic mass is 10.00. The van der Waals surface area contributed by atoms with Gasteiger partial charge in [-0.05, 0) is 24.9 Å². The average molecular weight is 343 g/mol. The second-order valence-electron chi connectivity index (χ2n) is 5.95. The van der Waals surface area contributed by atoms with Gasteiger partial charge in [0.15, 0.2) is 17.6 Å². The van der Waals surface area contributed by atoms with Crippen LogP contribution < -0.4 is 10.6 Å². The van der Waals surface area contributed by atoms with Crippen LogP contribution in [0.4, 0.5) is 0 Å². The van der Waals surface area contributed by atoms with E-state index in [0.29, 0.717) is 11.5 Å². The van der Waals surface area contributed by atoms with Crippen LogP contribution in [-0.4, -0.2) is 37.1 Å². The number of piperidine rings is 1. The van der Waals surface area contributed by atoms with Gasteiger partial charge in [0.25, 0.3) is 5.91 Å². The lowest BCUT2D eigenvalue weighted by Gasteiger charge is -2.19. The molecule has 2 aromatic rings. The standard InChI is InChI=1S/C18H21N3O4/c1-24-18(23)15(12-6-3-2-4-7-12)21-16(22)14-11-25-17(20-14)13-8-5-9-19-10-13/h2-4,6-7,11,13,15,19H,5,8-10H2,1H3,(H,21,22). The smallest absolute Gasteiger partial charge is 0.333 e. The summed E-state index contributed by atoms with van der Waals surface area (Å²) in [5.74, 6) is -0.301. The number of benzene rings is 1. The maximum Gasteiger partial charge on any atom is 0.333 e. The minimum absolute atomic E-state index is 0.158. The first-order valence-electron chi connectivity index (χ1n) is 8.29. The van der Waals surface area contributed by atoms with Crippen molar-refractivity contribution in [2.75, 3.05) is 20.2 Å². The largest absolute Gasteiger partial charge is 0.467 e. The van der Waals surface area contributed by atoms with E-state index in [0.717, 1.165) is 25.9 Å². The van der Waals surface area contributed by atoms with E-state index in [1.54, 1.807) is 24.3 Å². The Labute approximate surface area is 145 Å². The third kappa shape index (κ3) is 4.06. The summed E-state index contributed by atoms with van der Waals surface area (Å²) in [6.45, 7) is 1.78. The number of carbonyl (C=O) groups excluding carboxylic acids is 2. The maximum absolute atomic E-state index is 12.5. The predicted molar refractivity (Wildman–Crippen MR) is 90.0 cm³/mol. The molecule has 0 aliphatic carbocycles. The molecule has 1 aromatic heterocycles. The third-order valence-electron chi connectivity index (χ3n) is 4.25. The molecule has 1 fully saturated rings. The van der Waals surface area contributed by atoms with Crippen LogP contribution in [0.25, 0.3) is 0 Å². The number of aromatic nitrogens is 1. The molecular weight excluding hydrogens is 322 g/mol. The first-order chi connectivity index (χ1) is 12.2. The Balaban J connectivity index is 1.73. The average Bonchev–Trinajstić information content (AvgIpc) is 3.17. The Morgan fingerprint density at radius 3 is 2.84 bits per heavy atom. The normalized spacial score (nSPS) is 18.4. The zero-order valence-corrected chi connectivity index (χ0v) is 14.0. The number of hydrogen-bond acceptors (Lipinski definition) is 6. The summed E-state index contributed by atoms with van der Waals surface area (Å²) < 4.78 is 10.3. The van der Waals surface area contributed by atoms with Crippen LogP contribution in [0.15, 0.2) is 41.0 Å². The van der Waals surface area contributed by atoms with Gasteiger partial charge in [-0.25, -0.2) is 9.78 Å². The lowest BCUT2D eigenvalue weighted by molar-refractivity contribution is -0.143. The van der Waals surface area contributed by atoms with Crippen molar-refractivity contribution in [1.82, 2.24) is 15.6 Å². The molecule has 0 saturated carbocycles. The van der Waals surface area contributed by atoms with Gasteiger partial charge in [0, 0.05) is 12.5 Å². The fraction of sp³-hybridized carbons (Fsp3) is 0.389. The highest BCUT2D eigenvalue weighted by Gasteiger charge is 2.27. The number of rotatable bonds is 5. The van der Waals surface area contributed by atoms with Gasteiger partial charge in [0.1, 0.15) is 6.26 Å². The van der Waals surface area contributed by atoms with E-state index < -0.39 is 17.9 Å². The van der Waals surface area contributed by atoms with E-state index in [1.807, 2.05) is 6.07 Å². The van der Waals surface area contributed by atoms with Crippen molar-refractivity contribution < 1.29 is 18.7 Å². The van der Waals surface area contributed by atoms with Crippen LogP contribution in [0.5, 0.6) is 0 Å². The molecule has 25 heavy (non-hydrogen) atoms. The molecule has 132 valence electrons. The van der Waals surface area contributed by atoms with E-state index in [9.17, 15) is 9.59 Å². The van der Waals surface area contributed by atoms with E-state index in [1.165, 1.54) is 13.4 Å². The quantitative estimate of drug-likeness (QED) is 0.804. The summed E-state index contributed by atoms with van der Waals surface area (Å²) in [5.41, 5.74) is 0.799.